The molecule has 0 spiro atoms. The maximum Gasteiger partial charge on any atom is 0.358 e. The van der Waals surface area contributed by atoms with E-state index in [2.05, 4.69) is 39.1 Å². The number of hydrogen-bond donors (Lipinski definition) is 0. The highest BCUT2D eigenvalue weighted by atomic mass is 16.6. The van der Waals surface area contributed by atoms with Crippen molar-refractivity contribution in [1.29, 1.82) is 0 Å². The largest absolute Gasteiger partial charge is 0.484 e. The quantitative estimate of drug-likeness (QED) is 0.587. The molecule has 5 rings (SSSR count). The van der Waals surface area contributed by atoms with Crippen LogP contribution in [0.5, 0.6) is 11.6 Å². The van der Waals surface area contributed by atoms with E-state index in [1.807, 2.05) is 16.7 Å². The van der Waals surface area contributed by atoms with E-state index in [0.29, 0.717) is 37.1 Å². The van der Waals surface area contributed by atoms with Crippen molar-refractivity contribution in [2.75, 3.05) is 19.8 Å². The monoisotopic (exact) mass is 420 g/mol. The third kappa shape index (κ3) is 4.11. The highest BCUT2D eigenvalue weighted by Gasteiger charge is 2.24. The molecule has 0 aliphatic carbocycles. The second-order valence-corrected chi connectivity index (χ2v) is 7.63. The first-order chi connectivity index (χ1) is 15.2. The van der Waals surface area contributed by atoms with E-state index in [0.717, 1.165) is 31.0 Å². The number of esters is 1. The molecule has 0 radical (unpaired) electrons. The van der Waals surface area contributed by atoms with E-state index >= 15 is 0 Å². The molecule has 0 saturated carbocycles. The molecule has 8 nitrogen and oxygen atoms in total. The molecule has 160 valence electrons. The molecule has 0 N–H and O–H groups in total. The van der Waals surface area contributed by atoms with Crippen molar-refractivity contribution in [3.63, 3.8) is 0 Å². The summed E-state index contributed by atoms with van der Waals surface area (Å²) in [4.78, 5) is 23.0. The van der Waals surface area contributed by atoms with Crippen molar-refractivity contribution in [2.24, 2.45) is 0 Å². The summed E-state index contributed by atoms with van der Waals surface area (Å²) in [7, 11) is 0. The molecular formula is C23H24N4O4. The first-order valence-corrected chi connectivity index (χ1v) is 10.5. The van der Waals surface area contributed by atoms with Crippen molar-refractivity contribution >= 4 is 5.97 Å². The normalized spacial score (nSPS) is 17.8. The van der Waals surface area contributed by atoms with Gasteiger partial charge in [-0.1, -0.05) is 24.3 Å². The fourth-order valence-electron chi connectivity index (χ4n) is 3.91. The minimum atomic E-state index is -0.363. The SMILES string of the molecule is CCOC(=O)c1cn2c(n1)CN(Cc1ccc(C3COc4cccnc4O3)cc1)CC2. The number of carbonyl (C=O) groups is 1. The Hall–Kier alpha value is -3.39. The lowest BCUT2D eigenvalue weighted by Crippen LogP contribution is -2.33. The van der Waals surface area contributed by atoms with Gasteiger partial charge in [-0.05, 0) is 30.2 Å². The van der Waals surface area contributed by atoms with Crippen molar-refractivity contribution in [3.8, 4) is 11.6 Å². The lowest BCUT2D eigenvalue weighted by Gasteiger charge is -2.28. The number of aromatic nitrogens is 3. The Morgan fingerprint density at radius 3 is 2.94 bits per heavy atom. The molecular weight excluding hydrogens is 396 g/mol. The zero-order valence-electron chi connectivity index (χ0n) is 17.4. The lowest BCUT2D eigenvalue weighted by molar-refractivity contribution is 0.0519. The summed E-state index contributed by atoms with van der Waals surface area (Å²) >= 11 is 0. The average molecular weight is 420 g/mol. The molecule has 1 aromatic carbocycles. The average Bonchev–Trinajstić information content (AvgIpc) is 3.23. The van der Waals surface area contributed by atoms with Gasteiger partial charge in [0, 0.05) is 32.0 Å². The number of rotatable bonds is 5. The summed E-state index contributed by atoms with van der Waals surface area (Å²) in [6, 6.07) is 12.1. The number of ether oxygens (including phenoxy) is 3. The topological polar surface area (TPSA) is 78.7 Å². The maximum absolute atomic E-state index is 11.9. The Balaban J connectivity index is 1.21. The zero-order valence-corrected chi connectivity index (χ0v) is 17.4. The zero-order chi connectivity index (χ0) is 21.2. The highest BCUT2D eigenvalue weighted by molar-refractivity contribution is 5.87. The highest BCUT2D eigenvalue weighted by Crippen LogP contribution is 2.34. The van der Waals surface area contributed by atoms with Gasteiger partial charge in [0.1, 0.15) is 12.4 Å². The number of carbonyl (C=O) groups excluding carboxylic acids is 1. The van der Waals surface area contributed by atoms with E-state index in [1.165, 1.54) is 5.56 Å². The van der Waals surface area contributed by atoms with Gasteiger partial charge in [-0.25, -0.2) is 14.8 Å². The van der Waals surface area contributed by atoms with Gasteiger partial charge >= 0.3 is 5.97 Å². The summed E-state index contributed by atoms with van der Waals surface area (Å²) in [5.74, 6) is 1.75. The predicted octanol–water partition coefficient (Wildman–Crippen LogP) is 2.98. The molecule has 0 fully saturated rings. The molecule has 3 aromatic rings. The van der Waals surface area contributed by atoms with Crippen LogP contribution in [-0.4, -0.2) is 45.2 Å². The summed E-state index contributed by atoms with van der Waals surface area (Å²) in [6.07, 6.45) is 3.33. The maximum atomic E-state index is 11.9. The van der Waals surface area contributed by atoms with Crippen LogP contribution in [0.3, 0.4) is 0 Å². The summed E-state index contributed by atoms with van der Waals surface area (Å²) < 4.78 is 18.9. The Labute approximate surface area is 180 Å². The van der Waals surface area contributed by atoms with Gasteiger partial charge in [-0.3, -0.25) is 4.90 Å². The van der Waals surface area contributed by atoms with Crippen LogP contribution in [0.2, 0.25) is 0 Å². The molecule has 4 heterocycles. The van der Waals surface area contributed by atoms with Gasteiger partial charge in [0.25, 0.3) is 5.88 Å². The smallest absolute Gasteiger partial charge is 0.358 e. The van der Waals surface area contributed by atoms with Gasteiger partial charge in [-0.2, -0.15) is 0 Å². The fourth-order valence-corrected chi connectivity index (χ4v) is 3.91. The number of nitrogens with zero attached hydrogens (tertiary/aromatic N) is 4. The molecule has 2 aliphatic rings. The van der Waals surface area contributed by atoms with Crippen LogP contribution in [0.25, 0.3) is 0 Å². The third-order valence-corrected chi connectivity index (χ3v) is 5.50. The van der Waals surface area contributed by atoms with Crippen molar-refractivity contribution < 1.29 is 19.0 Å². The van der Waals surface area contributed by atoms with E-state index in [9.17, 15) is 4.79 Å². The second-order valence-electron chi connectivity index (χ2n) is 7.63. The standard InChI is InChI=1S/C23H24N4O4/c1-2-29-23(28)18-13-27-11-10-26(14-21(27)25-18)12-16-5-7-17(8-6-16)20-15-30-19-4-3-9-24-22(19)31-20/h3-9,13,20H,2,10-12,14-15H2,1H3. The molecule has 0 amide bonds. The van der Waals surface area contributed by atoms with Gasteiger partial charge < -0.3 is 18.8 Å². The molecule has 8 heteroatoms. The molecule has 31 heavy (non-hydrogen) atoms. The molecule has 0 bridgehead atoms. The number of fused-ring (bicyclic) bond motifs is 2. The van der Waals surface area contributed by atoms with E-state index < -0.39 is 0 Å². The van der Waals surface area contributed by atoms with Crippen LogP contribution in [-0.2, 0) is 24.4 Å². The van der Waals surface area contributed by atoms with Gasteiger partial charge in [-0.15, -0.1) is 0 Å². The van der Waals surface area contributed by atoms with E-state index in [4.69, 9.17) is 14.2 Å². The minimum Gasteiger partial charge on any atom is -0.484 e. The first-order valence-electron chi connectivity index (χ1n) is 10.5. The molecule has 1 unspecified atom stereocenters. The minimum absolute atomic E-state index is 0.166. The number of imidazole rings is 1. The lowest BCUT2D eigenvalue weighted by atomic mass is 10.1. The van der Waals surface area contributed by atoms with Crippen molar-refractivity contribution in [3.05, 3.63) is 71.4 Å². The Morgan fingerprint density at radius 1 is 1.23 bits per heavy atom. The number of benzene rings is 1. The molecule has 0 saturated heterocycles. The van der Waals surface area contributed by atoms with Crippen molar-refractivity contribution in [2.45, 2.75) is 32.7 Å². The molecule has 2 aliphatic heterocycles. The second kappa shape index (κ2) is 8.39. The summed E-state index contributed by atoms with van der Waals surface area (Å²) in [5, 5.41) is 0. The third-order valence-electron chi connectivity index (χ3n) is 5.50. The molecule has 2 aromatic heterocycles. The van der Waals surface area contributed by atoms with E-state index in [-0.39, 0.29) is 12.1 Å². The van der Waals surface area contributed by atoms with Crippen LogP contribution >= 0.6 is 0 Å². The first kappa shape index (κ1) is 19.6. The molecule has 1 atom stereocenters. The predicted molar refractivity (Wildman–Crippen MR) is 112 cm³/mol. The Bertz CT molecular complexity index is 1080. The van der Waals surface area contributed by atoms with Gasteiger partial charge in [0.15, 0.2) is 17.5 Å². The van der Waals surface area contributed by atoms with Gasteiger partial charge in [0.2, 0.25) is 0 Å². The number of hydrogen-bond acceptors (Lipinski definition) is 7. The van der Waals surface area contributed by atoms with Crippen LogP contribution < -0.4 is 9.47 Å². The van der Waals surface area contributed by atoms with Crippen LogP contribution in [0.1, 0.15) is 40.5 Å². The number of pyridine rings is 1. The van der Waals surface area contributed by atoms with Gasteiger partial charge in [0.05, 0.1) is 13.2 Å². The van der Waals surface area contributed by atoms with Crippen LogP contribution in [0.4, 0.5) is 0 Å². The van der Waals surface area contributed by atoms with Crippen LogP contribution in [0.15, 0.2) is 48.8 Å². The summed E-state index contributed by atoms with van der Waals surface area (Å²) in [6.45, 7) is 5.83. The Kier molecular flexibility index (Phi) is 5.30. The summed E-state index contributed by atoms with van der Waals surface area (Å²) in [5.41, 5.74) is 2.66. The Morgan fingerprint density at radius 2 is 2.10 bits per heavy atom. The fraction of sp³-hybridized carbons (Fsp3) is 0.348. The van der Waals surface area contributed by atoms with Crippen LogP contribution in [0, 0.1) is 0 Å². The van der Waals surface area contributed by atoms with Crippen molar-refractivity contribution in [1.82, 2.24) is 19.4 Å². The van der Waals surface area contributed by atoms with E-state index in [1.54, 1.807) is 19.3 Å².